The molecule has 0 N–H and O–H groups in total. The monoisotopic (exact) mass is 990 g/mol. The van der Waals surface area contributed by atoms with Crippen LogP contribution in [0.3, 0.4) is 0 Å². The minimum Gasteiger partial charge on any atom is -0.301 e. The molecule has 66 heavy (non-hydrogen) atoms. The zero-order chi connectivity index (χ0) is 46.8. The summed E-state index contributed by atoms with van der Waals surface area (Å²) < 4.78 is 61.4. The Bertz CT molecular complexity index is 3460. The molecule has 332 valence electrons. The summed E-state index contributed by atoms with van der Waals surface area (Å²) in [5, 5.41) is 8.13. The van der Waals surface area contributed by atoms with Gasteiger partial charge in [-0.3, -0.25) is 0 Å². The van der Waals surface area contributed by atoms with Gasteiger partial charge >= 0.3 is 23.1 Å². The number of pyridine rings is 2. The SMILES string of the molecule is CSc1ncc(C)c(-c2cn(-c3ccccc3)c3nc(-c4nccs4)ccc23)n1.Cc1cnc(S(C)(=O)=O)nc1-c1cn(-c2ccccc2)c2nc(-c3nccs3)ccc12.O=S=O.O=S=O. The summed E-state index contributed by atoms with van der Waals surface area (Å²) in [6.07, 6.45) is 14.2. The van der Waals surface area contributed by atoms with E-state index in [1.807, 2.05) is 121 Å². The number of fused-ring (bicyclic) bond motifs is 2. The van der Waals surface area contributed by atoms with Crippen molar-refractivity contribution in [3.63, 3.8) is 0 Å². The minimum absolute atomic E-state index is 0.193. The molecule has 0 saturated carbocycles. The Morgan fingerprint density at radius 3 is 1.41 bits per heavy atom. The van der Waals surface area contributed by atoms with Crippen LogP contribution in [0.1, 0.15) is 11.1 Å². The number of hydrogen-bond donors (Lipinski definition) is 0. The first kappa shape index (κ1) is 47.2. The summed E-state index contributed by atoms with van der Waals surface area (Å²) in [5.74, 6) is 0. The van der Waals surface area contributed by atoms with Crippen LogP contribution in [0.15, 0.2) is 143 Å². The summed E-state index contributed by atoms with van der Waals surface area (Å²) in [6.45, 7) is 3.91. The smallest absolute Gasteiger partial charge is 0.301 e. The molecule has 16 nitrogen and oxygen atoms in total. The third-order valence-corrected chi connectivity index (χ3v) is 12.6. The van der Waals surface area contributed by atoms with Crippen molar-refractivity contribution >= 4 is 89.5 Å². The first-order valence-electron chi connectivity index (χ1n) is 19.2. The van der Waals surface area contributed by atoms with Crippen LogP contribution in [0, 0.1) is 13.8 Å². The van der Waals surface area contributed by atoms with E-state index in [0.717, 1.165) is 94.2 Å². The quantitative estimate of drug-likeness (QED) is 0.103. The average Bonchev–Trinajstić information content (AvgIpc) is 4.18. The number of thiazole rings is 2. The van der Waals surface area contributed by atoms with Gasteiger partial charge in [-0.25, -0.2) is 48.3 Å². The van der Waals surface area contributed by atoms with E-state index in [4.69, 9.17) is 31.8 Å². The first-order valence-corrected chi connectivity index (χ1v) is 25.4. The van der Waals surface area contributed by atoms with Crippen molar-refractivity contribution < 1.29 is 25.3 Å². The van der Waals surface area contributed by atoms with E-state index in [2.05, 4.69) is 53.9 Å². The Morgan fingerprint density at radius 1 is 0.561 bits per heavy atom. The topological polar surface area (TPSA) is 215 Å². The second kappa shape index (κ2) is 21.4. The van der Waals surface area contributed by atoms with Crippen LogP contribution in [-0.4, -0.2) is 86.8 Å². The van der Waals surface area contributed by atoms with E-state index < -0.39 is 33.0 Å². The summed E-state index contributed by atoms with van der Waals surface area (Å²) >= 11 is 3.16. The van der Waals surface area contributed by atoms with Gasteiger partial charge in [0.15, 0.2) is 5.16 Å². The third kappa shape index (κ3) is 10.5. The van der Waals surface area contributed by atoms with E-state index in [9.17, 15) is 8.42 Å². The van der Waals surface area contributed by atoms with Gasteiger partial charge in [-0.15, -0.1) is 22.7 Å². The lowest BCUT2D eigenvalue weighted by molar-refractivity contribution is 0.593. The van der Waals surface area contributed by atoms with Gasteiger partial charge in [0, 0.05) is 87.5 Å². The molecule has 22 heteroatoms. The Hall–Kier alpha value is -6.82. The molecule has 0 radical (unpaired) electrons. The molecule has 10 aromatic rings. The van der Waals surface area contributed by atoms with E-state index in [0.29, 0.717) is 5.69 Å². The van der Waals surface area contributed by atoms with Crippen LogP contribution in [0.25, 0.3) is 77.4 Å². The van der Waals surface area contributed by atoms with E-state index in [-0.39, 0.29) is 5.16 Å². The molecule has 0 amide bonds. The maximum Gasteiger partial charge on any atom is 0.335 e. The largest absolute Gasteiger partial charge is 0.335 e. The lowest BCUT2D eigenvalue weighted by Crippen LogP contribution is -2.05. The van der Waals surface area contributed by atoms with Crippen molar-refractivity contribution in [3.8, 4) is 55.3 Å². The second-order valence-electron chi connectivity index (χ2n) is 13.8. The number of benzene rings is 2. The fourth-order valence-corrected chi connectivity index (χ4v) is 8.82. The molecular weight excluding hydrogens is 957 g/mol. The maximum absolute atomic E-state index is 12.0. The highest BCUT2D eigenvalue weighted by atomic mass is 32.2. The van der Waals surface area contributed by atoms with Gasteiger partial charge < -0.3 is 9.13 Å². The highest BCUT2D eigenvalue weighted by Gasteiger charge is 2.21. The molecule has 0 spiro atoms. The molecule has 8 heterocycles. The number of para-hydroxylation sites is 2. The summed E-state index contributed by atoms with van der Waals surface area (Å²) in [7, 11) is -3.54. The van der Waals surface area contributed by atoms with Gasteiger partial charge in [-0.1, -0.05) is 48.2 Å². The van der Waals surface area contributed by atoms with E-state index in [1.165, 1.54) is 11.3 Å². The Balaban J connectivity index is 0.000000176. The highest BCUT2D eigenvalue weighted by molar-refractivity contribution is 7.98. The van der Waals surface area contributed by atoms with Crippen LogP contribution >= 0.6 is 34.4 Å². The molecule has 0 fully saturated rings. The minimum atomic E-state index is -3.54. The molecular formula is C44H34N10O6S6. The molecule has 0 aliphatic carbocycles. The molecule has 10 rings (SSSR count). The average molecular weight is 991 g/mol. The lowest BCUT2D eigenvalue weighted by atomic mass is 10.1. The maximum atomic E-state index is 12.0. The van der Waals surface area contributed by atoms with Crippen LogP contribution < -0.4 is 0 Å². The van der Waals surface area contributed by atoms with Crippen LogP contribution in [0.5, 0.6) is 0 Å². The van der Waals surface area contributed by atoms with Gasteiger partial charge in [0.2, 0.25) is 15.0 Å². The molecule has 0 saturated heterocycles. The lowest BCUT2D eigenvalue weighted by Gasteiger charge is -2.05. The third-order valence-electron chi connectivity index (χ3n) is 9.60. The molecule has 0 aliphatic heterocycles. The first-order chi connectivity index (χ1) is 32.0. The second-order valence-corrected chi connectivity index (χ2v) is 18.5. The predicted octanol–water partition coefficient (Wildman–Crippen LogP) is 8.61. The number of aromatic nitrogens is 10. The van der Waals surface area contributed by atoms with Crippen LogP contribution in [0.2, 0.25) is 0 Å². The van der Waals surface area contributed by atoms with E-state index >= 15 is 0 Å². The van der Waals surface area contributed by atoms with Crippen molar-refractivity contribution in [1.82, 2.24) is 49.0 Å². The normalized spacial score (nSPS) is 10.8. The number of hydrogen-bond acceptors (Lipinski definition) is 17. The molecule has 8 aromatic heterocycles. The van der Waals surface area contributed by atoms with Crippen molar-refractivity contribution in [2.24, 2.45) is 0 Å². The molecule has 0 bridgehead atoms. The summed E-state index contributed by atoms with van der Waals surface area (Å²) in [5.41, 5.74) is 10.5. The van der Waals surface area contributed by atoms with E-state index in [1.54, 1.807) is 35.5 Å². The molecule has 0 unspecified atom stereocenters. The molecule has 0 aliphatic rings. The standard InChI is InChI=1S/C22H17N5O2S2.C22H17N5S2.2O2S/c1-14-12-24-22(31(2,28)29)26-19(14)17-13-27(15-6-4-3-5-7-15)20-16(17)8-9-18(25-20)21-23-10-11-30-21;1-14-12-24-22(28-2)26-19(14)17-13-27(15-6-4-3-5-7-15)20-16(17)8-9-18(25-20)21-23-10-11-29-21;2*1-3-2/h3-13H,1-2H3;3-13H,1-2H3;;. The number of thioether (sulfide) groups is 1. The zero-order valence-electron chi connectivity index (χ0n) is 35.1. The Morgan fingerprint density at radius 2 is 1.00 bits per heavy atom. The highest BCUT2D eigenvalue weighted by Crippen LogP contribution is 2.36. The van der Waals surface area contributed by atoms with Crippen molar-refractivity contribution in [3.05, 3.63) is 144 Å². The Kier molecular flexibility index (Phi) is 15.3. The fourth-order valence-electron chi connectivity index (χ4n) is 6.76. The van der Waals surface area contributed by atoms with Crippen LogP contribution in [-0.2, 0) is 33.0 Å². The molecule has 0 atom stereocenters. The van der Waals surface area contributed by atoms with Gasteiger partial charge in [-0.2, -0.15) is 16.8 Å². The number of aryl methyl sites for hydroxylation is 2. The van der Waals surface area contributed by atoms with Gasteiger partial charge in [0.1, 0.15) is 32.7 Å². The predicted molar refractivity (Wildman–Crippen MR) is 259 cm³/mol. The van der Waals surface area contributed by atoms with Crippen molar-refractivity contribution in [2.45, 2.75) is 24.2 Å². The van der Waals surface area contributed by atoms with Crippen LogP contribution in [0.4, 0.5) is 0 Å². The number of nitrogens with zero attached hydrogens (tertiary/aromatic N) is 10. The summed E-state index contributed by atoms with van der Waals surface area (Å²) in [4.78, 5) is 36.2. The Labute approximate surface area is 397 Å². The molecule has 2 aromatic carbocycles. The number of sulfone groups is 1. The summed E-state index contributed by atoms with van der Waals surface area (Å²) in [6, 6.07) is 28.2. The van der Waals surface area contributed by atoms with Crippen molar-refractivity contribution in [2.75, 3.05) is 12.5 Å². The fraction of sp³-hybridized carbons (Fsp3) is 0.0909. The number of rotatable bonds is 8. The van der Waals surface area contributed by atoms with Gasteiger partial charge in [-0.05, 0) is 79.8 Å². The van der Waals surface area contributed by atoms with Gasteiger partial charge in [0.05, 0.1) is 11.4 Å². The zero-order valence-corrected chi connectivity index (χ0v) is 40.0. The van der Waals surface area contributed by atoms with Gasteiger partial charge in [0.25, 0.3) is 0 Å². The van der Waals surface area contributed by atoms with Crippen molar-refractivity contribution in [1.29, 1.82) is 0 Å².